The molecule has 0 aliphatic carbocycles. The second-order valence-electron chi connectivity index (χ2n) is 7.07. The minimum absolute atomic E-state index is 0.431. The Kier molecular flexibility index (Phi) is 7.80. The van der Waals surface area contributed by atoms with Crippen LogP contribution < -0.4 is 4.74 Å². The summed E-state index contributed by atoms with van der Waals surface area (Å²) in [6.45, 7) is 2.28. The Balaban J connectivity index is 1.79. The molecule has 27 heavy (non-hydrogen) atoms. The number of unbranched alkanes of at least 4 members (excludes halogenated alkanes) is 5. The van der Waals surface area contributed by atoms with E-state index in [0.29, 0.717) is 14.5 Å². The van der Waals surface area contributed by atoms with Crippen molar-refractivity contribution in [3.05, 3.63) is 65.1 Å². The van der Waals surface area contributed by atoms with Crippen LogP contribution in [0.3, 0.4) is 0 Å². The van der Waals surface area contributed by atoms with Crippen molar-refractivity contribution in [1.29, 1.82) is 0 Å². The third kappa shape index (κ3) is 5.61. The SMILES string of the molecule is CCCCCCCCc1cc(-c2ccc(OC)cc2)c(-c2ccccc2)[se]1. The average molecular weight is 425 g/mol. The summed E-state index contributed by atoms with van der Waals surface area (Å²) in [5.41, 5.74) is 4.08. The van der Waals surface area contributed by atoms with Gasteiger partial charge in [-0.05, 0) is 0 Å². The first-order valence-electron chi connectivity index (χ1n) is 10.1. The number of hydrogen-bond donors (Lipinski definition) is 0. The van der Waals surface area contributed by atoms with Gasteiger partial charge in [-0.15, -0.1) is 0 Å². The number of hydrogen-bond acceptors (Lipinski definition) is 1. The van der Waals surface area contributed by atoms with Crippen molar-refractivity contribution < 1.29 is 4.74 Å². The molecule has 0 atom stereocenters. The van der Waals surface area contributed by atoms with E-state index in [1.54, 1.807) is 11.5 Å². The van der Waals surface area contributed by atoms with Crippen LogP contribution in [0.25, 0.3) is 21.1 Å². The van der Waals surface area contributed by atoms with Gasteiger partial charge in [0, 0.05) is 0 Å². The number of ether oxygens (including phenoxy) is 1. The molecule has 0 aliphatic rings. The quantitative estimate of drug-likeness (QED) is 0.251. The molecule has 0 amide bonds. The van der Waals surface area contributed by atoms with Crippen molar-refractivity contribution in [2.75, 3.05) is 7.11 Å². The van der Waals surface area contributed by atoms with Crippen molar-refractivity contribution in [1.82, 2.24) is 0 Å². The molecular weight excluding hydrogens is 395 g/mol. The summed E-state index contributed by atoms with van der Waals surface area (Å²) in [6, 6.07) is 21.9. The summed E-state index contributed by atoms with van der Waals surface area (Å²) < 4.78 is 8.49. The van der Waals surface area contributed by atoms with E-state index < -0.39 is 0 Å². The first-order valence-corrected chi connectivity index (χ1v) is 11.9. The molecule has 1 aromatic heterocycles. The van der Waals surface area contributed by atoms with E-state index in [2.05, 4.69) is 67.6 Å². The first-order chi connectivity index (χ1) is 13.3. The van der Waals surface area contributed by atoms with Crippen molar-refractivity contribution in [2.45, 2.75) is 51.9 Å². The molecule has 0 unspecified atom stereocenters. The molecule has 0 bridgehead atoms. The van der Waals surface area contributed by atoms with E-state index in [1.165, 1.54) is 66.1 Å². The van der Waals surface area contributed by atoms with Gasteiger partial charge in [0.2, 0.25) is 0 Å². The molecule has 1 heterocycles. The van der Waals surface area contributed by atoms with Crippen molar-refractivity contribution in [3.8, 4) is 26.9 Å². The Hall–Kier alpha value is -1.76. The second kappa shape index (κ2) is 10.5. The predicted octanol–water partition coefficient (Wildman–Crippen LogP) is 6.99. The Morgan fingerprint density at radius 1 is 0.778 bits per heavy atom. The number of rotatable bonds is 10. The molecule has 0 saturated heterocycles. The van der Waals surface area contributed by atoms with Gasteiger partial charge < -0.3 is 0 Å². The van der Waals surface area contributed by atoms with Crippen LogP contribution in [0.15, 0.2) is 60.7 Å². The van der Waals surface area contributed by atoms with E-state index in [4.69, 9.17) is 4.74 Å². The molecule has 2 heteroatoms. The van der Waals surface area contributed by atoms with Crippen LogP contribution in [0, 0.1) is 0 Å². The summed E-state index contributed by atoms with van der Waals surface area (Å²) >= 11 is 0.431. The zero-order chi connectivity index (χ0) is 18.9. The van der Waals surface area contributed by atoms with E-state index >= 15 is 0 Å². The monoisotopic (exact) mass is 426 g/mol. The van der Waals surface area contributed by atoms with Gasteiger partial charge in [0.1, 0.15) is 0 Å². The fourth-order valence-electron chi connectivity index (χ4n) is 3.43. The van der Waals surface area contributed by atoms with Gasteiger partial charge in [-0.2, -0.15) is 0 Å². The maximum absolute atomic E-state index is 5.33. The number of aryl methyl sites for hydroxylation is 1. The van der Waals surface area contributed by atoms with Gasteiger partial charge in [0.05, 0.1) is 0 Å². The van der Waals surface area contributed by atoms with Gasteiger partial charge in [-0.3, -0.25) is 0 Å². The first kappa shape index (κ1) is 20.0. The molecule has 0 fully saturated rings. The molecule has 0 radical (unpaired) electrons. The van der Waals surface area contributed by atoms with Gasteiger partial charge in [-0.1, -0.05) is 0 Å². The van der Waals surface area contributed by atoms with Gasteiger partial charge >= 0.3 is 170 Å². The van der Waals surface area contributed by atoms with Crippen molar-refractivity contribution in [3.63, 3.8) is 0 Å². The molecule has 2 aromatic carbocycles. The molecule has 3 rings (SSSR count). The summed E-state index contributed by atoms with van der Waals surface area (Å²) in [4.78, 5) is 0. The summed E-state index contributed by atoms with van der Waals surface area (Å²) in [5.74, 6) is 0.917. The van der Waals surface area contributed by atoms with Crippen molar-refractivity contribution >= 4 is 14.5 Å². The number of methoxy groups -OCH3 is 1. The zero-order valence-corrected chi connectivity index (χ0v) is 18.3. The van der Waals surface area contributed by atoms with Crippen molar-refractivity contribution in [2.24, 2.45) is 0 Å². The van der Waals surface area contributed by atoms with E-state index in [0.717, 1.165) is 5.75 Å². The fraction of sp³-hybridized carbons (Fsp3) is 0.360. The Morgan fingerprint density at radius 2 is 1.48 bits per heavy atom. The minimum atomic E-state index is 0.431. The molecule has 142 valence electrons. The van der Waals surface area contributed by atoms with Crippen LogP contribution in [0.2, 0.25) is 0 Å². The Labute approximate surface area is 170 Å². The third-order valence-electron chi connectivity index (χ3n) is 5.00. The Morgan fingerprint density at radius 3 is 2.19 bits per heavy atom. The standard InChI is InChI=1S/C25H30OSe/c1-3-4-5-6-7-11-14-23-19-24(20-15-17-22(26-2)18-16-20)25(27-23)21-12-9-8-10-13-21/h8-10,12-13,15-19H,3-7,11,14H2,1-2H3. The topological polar surface area (TPSA) is 9.23 Å². The zero-order valence-electron chi connectivity index (χ0n) is 16.5. The Bertz CT molecular complexity index is 802. The fourth-order valence-corrected chi connectivity index (χ4v) is 6.01. The maximum atomic E-state index is 5.33. The van der Waals surface area contributed by atoms with Gasteiger partial charge in [0.25, 0.3) is 0 Å². The van der Waals surface area contributed by atoms with Crippen LogP contribution in [0.4, 0.5) is 0 Å². The summed E-state index contributed by atoms with van der Waals surface area (Å²) in [5, 5.41) is 0. The van der Waals surface area contributed by atoms with Crippen LogP contribution in [0.5, 0.6) is 5.75 Å². The van der Waals surface area contributed by atoms with Crippen LogP contribution in [-0.4, -0.2) is 21.6 Å². The van der Waals surface area contributed by atoms with Crippen LogP contribution in [-0.2, 0) is 6.42 Å². The molecule has 0 N–H and O–H groups in total. The molecule has 1 nitrogen and oxygen atoms in total. The van der Waals surface area contributed by atoms with Crippen LogP contribution in [0.1, 0.15) is 49.9 Å². The third-order valence-corrected chi connectivity index (χ3v) is 7.61. The second-order valence-corrected chi connectivity index (χ2v) is 9.45. The molecule has 0 spiro atoms. The molecule has 3 aromatic rings. The molecular formula is C25H30OSe. The van der Waals surface area contributed by atoms with E-state index in [9.17, 15) is 0 Å². The summed E-state index contributed by atoms with van der Waals surface area (Å²) in [6.07, 6.45) is 9.44. The predicted molar refractivity (Wildman–Crippen MR) is 118 cm³/mol. The molecule has 0 saturated carbocycles. The molecule has 0 aliphatic heterocycles. The summed E-state index contributed by atoms with van der Waals surface area (Å²) in [7, 11) is 1.72. The van der Waals surface area contributed by atoms with Gasteiger partial charge in [0.15, 0.2) is 0 Å². The van der Waals surface area contributed by atoms with E-state index in [-0.39, 0.29) is 0 Å². The van der Waals surface area contributed by atoms with E-state index in [1.807, 2.05) is 0 Å². The number of benzene rings is 2. The van der Waals surface area contributed by atoms with Gasteiger partial charge in [-0.25, -0.2) is 0 Å². The van der Waals surface area contributed by atoms with Crippen LogP contribution >= 0.6 is 0 Å². The average Bonchev–Trinajstić information content (AvgIpc) is 3.15. The normalized spacial score (nSPS) is 10.9.